The van der Waals surface area contributed by atoms with Crippen molar-refractivity contribution in [3.63, 3.8) is 0 Å². The minimum atomic E-state index is -0.259. The van der Waals surface area contributed by atoms with Crippen LogP contribution in [0.25, 0.3) is 0 Å². The molecule has 21 heavy (non-hydrogen) atoms. The molecular weight excluding hydrogens is 266 g/mol. The molecule has 1 aromatic carbocycles. The van der Waals surface area contributed by atoms with Gasteiger partial charge < -0.3 is 10.1 Å². The van der Waals surface area contributed by atoms with Crippen molar-refractivity contribution in [2.75, 3.05) is 7.11 Å². The summed E-state index contributed by atoms with van der Waals surface area (Å²) in [4.78, 5) is 23.6. The highest BCUT2D eigenvalue weighted by Gasteiger charge is 2.19. The number of carbonyl (C=O) groups is 2. The Morgan fingerprint density at radius 2 is 2.05 bits per heavy atom. The van der Waals surface area contributed by atoms with Gasteiger partial charge in [0.25, 0.3) is 0 Å². The van der Waals surface area contributed by atoms with E-state index in [-0.39, 0.29) is 24.3 Å². The van der Waals surface area contributed by atoms with Gasteiger partial charge in [-0.3, -0.25) is 9.59 Å². The molecule has 1 N–H and O–H groups in total. The monoisotopic (exact) mass is 287 g/mol. The van der Waals surface area contributed by atoms with Gasteiger partial charge in [-0.2, -0.15) is 0 Å². The maximum atomic E-state index is 12.2. The van der Waals surface area contributed by atoms with Gasteiger partial charge >= 0.3 is 5.97 Å². The number of nitrogens with one attached hydrogen (secondary N) is 1. The van der Waals surface area contributed by atoms with E-state index in [1.807, 2.05) is 36.4 Å². The van der Waals surface area contributed by atoms with Gasteiger partial charge in [0.05, 0.1) is 13.2 Å². The molecule has 0 bridgehead atoms. The van der Waals surface area contributed by atoms with Gasteiger partial charge in [-0.15, -0.1) is 0 Å². The van der Waals surface area contributed by atoms with Crippen LogP contribution in [0.2, 0.25) is 0 Å². The average molecular weight is 287 g/mol. The lowest BCUT2D eigenvalue weighted by molar-refractivity contribution is -0.141. The lowest BCUT2D eigenvalue weighted by Crippen LogP contribution is -2.30. The van der Waals surface area contributed by atoms with Gasteiger partial charge in [0.1, 0.15) is 0 Å². The molecule has 0 fully saturated rings. The van der Waals surface area contributed by atoms with E-state index in [1.54, 1.807) is 0 Å². The summed E-state index contributed by atoms with van der Waals surface area (Å²) in [6.45, 7) is 0. The van der Waals surface area contributed by atoms with Crippen molar-refractivity contribution in [1.82, 2.24) is 5.32 Å². The van der Waals surface area contributed by atoms with Gasteiger partial charge in [-0.1, -0.05) is 36.4 Å². The normalized spacial score (nSPS) is 15.2. The highest BCUT2D eigenvalue weighted by atomic mass is 16.5. The Kier molecular flexibility index (Phi) is 5.55. The summed E-state index contributed by atoms with van der Waals surface area (Å²) in [6.07, 6.45) is 5.68. The molecule has 0 aliphatic heterocycles. The quantitative estimate of drug-likeness (QED) is 0.818. The number of ether oxygens (including phenoxy) is 1. The van der Waals surface area contributed by atoms with Gasteiger partial charge in [0, 0.05) is 12.0 Å². The van der Waals surface area contributed by atoms with Crippen molar-refractivity contribution in [1.29, 1.82) is 0 Å². The predicted molar refractivity (Wildman–Crippen MR) is 80.5 cm³/mol. The first-order valence-corrected chi connectivity index (χ1v) is 7.32. The summed E-state index contributed by atoms with van der Waals surface area (Å²) in [7, 11) is 1.38. The first kappa shape index (κ1) is 15.3. The Morgan fingerprint density at radius 1 is 1.29 bits per heavy atom. The van der Waals surface area contributed by atoms with Gasteiger partial charge in [0.15, 0.2) is 0 Å². The largest absolute Gasteiger partial charge is 0.469 e. The van der Waals surface area contributed by atoms with E-state index in [1.165, 1.54) is 7.11 Å². The fourth-order valence-electron chi connectivity index (χ4n) is 2.50. The van der Waals surface area contributed by atoms with E-state index in [4.69, 9.17) is 0 Å². The highest BCUT2D eigenvalue weighted by Crippen LogP contribution is 2.22. The van der Waals surface area contributed by atoms with Gasteiger partial charge in [0.2, 0.25) is 5.91 Å². The number of methoxy groups -OCH3 is 1. The minimum Gasteiger partial charge on any atom is -0.469 e. The Hall–Kier alpha value is -2.10. The molecule has 0 aromatic heterocycles. The molecule has 2 rings (SSSR count). The Bertz CT molecular complexity index is 522. The summed E-state index contributed by atoms with van der Waals surface area (Å²) in [5.41, 5.74) is 1.86. The molecule has 0 unspecified atom stereocenters. The summed E-state index contributed by atoms with van der Waals surface area (Å²) < 4.78 is 4.68. The number of esters is 1. The molecule has 0 radical (unpaired) electrons. The standard InChI is InChI=1S/C17H21NO3/c1-21-16(19)12-11-15(13-7-3-2-4-8-13)18-17(20)14-9-5-6-10-14/h2-4,7-9,15H,5-6,10-12H2,1H3,(H,18,20)/t15-/m1/s1. The Labute approximate surface area is 125 Å². The number of amides is 1. The van der Waals surface area contributed by atoms with Crippen LogP contribution in [0.5, 0.6) is 0 Å². The Morgan fingerprint density at radius 3 is 2.67 bits per heavy atom. The fraction of sp³-hybridized carbons (Fsp3) is 0.412. The van der Waals surface area contributed by atoms with Crippen LogP contribution in [0.1, 0.15) is 43.7 Å². The van der Waals surface area contributed by atoms with E-state index in [0.29, 0.717) is 6.42 Å². The lowest BCUT2D eigenvalue weighted by atomic mass is 10.0. The maximum absolute atomic E-state index is 12.2. The lowest BCUT2D eigenvalue weighted by Gasteiger charge is -2.19. The van der Waals surface area contributed by atoms with Crippen molar-refractivity contribution in [3.05, 3.63) is 47.5 Å². The van der Waals surface area contributed by atoms with Gasteiger partial charge in [-0.25, -0.2) is 0 Å². The third-order valence-electron chi connectivity index (χ3n) is 3.70. The minimum absolute atomic E-state index is 0.0220. The number of rotatable bonds is 6. The van der Waals surface area contributed by atoms with Crippen LogP contribution in [-0.2, 0) is 14.3 Å². The topological polar surface area (TPSA) is 55.4 Å². The van der Waals surface area contributed by atoms with Crippen LogP contribution in [0.3, 0.4) is 0 Å². The van der Waals surface area contributed by atoms with Crippen molar-refractivity contribution >= 4 is 11.9 Å². The molecule has 0 heterocycles. The smallest absolute Gasteiger partial charge is 0.305 e. The molecule has 112 valence electrons. The van der Waals surface area contributed by atoms with Crippen LogP contribution < -0.4 is 5.32 Å². The molecular formula is C17H21NO3. The van der Waals surface area contributed by atoms with Gasteiger partial charge in [-0.05, 0) is 31.2 Å². The second-order valence-electron chi connectivity index (χ2n) is 5.17. The van der Waals surface area contributed by atoms with E-state index in [0.717, 1.165) is 30.4 Å². The second-order valence-corrected chi connectivity index (χ2v) is 5.17. The number of carbonyl (C=O) groups excluding carboxylic acids is 2. The van der Waals surface area contributed by atoms with Crippen LogP contribution in [0.4, 0.5) is 0 Å². The molecule has 0 saturated carbocycles. The van der Waals surface area contributed by atoms with Crippen LogP contribution in [0, 0.1) is 0 Å². The summed E-state index contributed by atoms with van der Waals surface area (Å²) in [5, 5.41) is 3.04. The zero-order valence-electron chi connectivity index (χ0n) is 12.3. The van der Waals surface area contributed by atoms with Crippen molar-refractivity contribution in [2.24, 2.45) is 0 Å². The van der Waals surface area contributed by atoms with E-state index in [2.05, 4.69) is 10.1 Å². The number of hydrogen-bond acceptors (Lipinski definition) is 3. The van der Waals surface area contributed by atoms with Crippen LogP contribution in [-0.4, -0.2) is 19.0 Å². The highest BCUT2D eigenvalue weighted by molar-refractivity contribution is 5.94. The van der Waals surface area contributed by atoms with Crippen molar-refractivity contribution in [2.45, 2.75) is 38.1 Å². The van der Waals surface area contributed by atoms with Crippen LogP contribution >= 0.6 is 0 Å². The molecule has 0 saturated heterocycles. The number of benzene rings is 1. The SMILES string of the molecule is COC(=O)CC[C@@H](NC(=O)C1=CCCC1)c1ccccc1. The predicted octanol–water partition coefficient (Wildman–Crippen LogP) is 2.91. The van der Waals surface area contributed by atoms with E-state index in [9.17, 15) is 9.59 Å². The Balaban J connectivity index is 2.04. The number of allylic oxidation sites excluding steroid dienone is 1. The van der Waals surface area contributed by atoms with E-state index < -0.39 is 0 Å². The van der Waals surface area contributed by atoms with E-state index >= 15 is 0 Å². The zero-order chi connectivity index (χ0) is 15.1. The average Bonchev–Trinajstić information content (AvgIpc) is 3.06. The molecule has 1 aromatic rings. The fourth-order valence-corrected chi connectivity index (χ4v) is 2.50. The zero-order valence-corrected chi connectivity index (χ0v) is 12.3. The van der Waals surface area contributed by atoms with Crippen LogP contribution in [0.15, 0.2) is 42.0 Å². The first-order valence-electron chi connectivity index (χ1n) is 7.32. The third-order valence-corrected chi connectivity index (χ3v) is 3.70. The second kappa shape index (κ2) is 7.62. The first-order chi connectivity index (χ1) is 10.2. The molecule has 1 atom stereocenters. The summed E-state index contributed by atoms with van der Waals surface area (Å²) in [5.74, 6) is -0.281. The summed E-state index contributed by atoms with van der Waals surface area (Å²) in [6, 6.07) is 9.56. The third kappa shape index (κ3) is 4.45. The molecule has 1 amide bonds. The molecule has 1 aliphatic carbocycles. The molecule has 4 heteroatoms. The molecule has 1 aliphatic rings. The molecule has 0 spiro atoms. The maximum Gasteiger partial charge on any atom is 0.305 e. The van der Waals surface area contributed by atoms with Crippen molar-refractivity contribution < 1.29 is 14.3 Å². The number of hydrogen-bond donors (Lipinski definition) is 1. The summed E-state index contributed by atoms with van der Waals surface area (Å²) >= 11 is 0. The molecule has 4 nitrogen and oxygen atoms in total. The van der Waals surface area contributed by atoms with Crippen molar-refractivity contribution in [3.8, 4) is 0 Å².